The molecule has 85 heavy (non-hydrogen) atoms. The molecule has 0 saturated carbocycles. The number of likely N-dealkylation sites (N-methyl/N-ethyl adjacent to an activating group) is 2. The Kier molecular flexibility index (Phi) is 25.1. The minimum Gasteiger partial charge on any atom is -0.480 e. The van der Waals surface area contributed by atoms with E-state index in [2.05, 4.69) is 55.3 Å². The smallest absolute Gasteiger partial charge is 0.407 e. The third-order valence-electron chi connectivity index (χ3n) is 12.5. The first-order valence-electron chi connectivity index (χ1n) is 26.6. The number of nitrogens with one attached hydrogen (secondary N) is 5. The lowest BCUT2D eigenvalue weighted by Gasteiger charge is -2.18. The molecule has 0 fully saturated rings. The standard InChI is InChI=1S/C28H35F2N7O5.C17H19F2N5O.C11H18N2O5/c1-15(2)11-20-25-24(18(30)13-31-20)34-22(35-25)14-37-16(3)17(29)12-21(27(37)40)32-26(39)19(33-28(41)42-6)9-7-8-10-23(38)36(4)5;1-8(2)4-13-16-15(11(19)6-21-13)22-14(23-16)7-24-9(3)10(18)5-12(20)17(24)25;1-13(2)9(14)7-5-4-6-8(10(15)16)12-11(17)18-3/h8,10,12-13,15,19H,7,9,11,14H2,1-6H3,(H,32,39)(H,33,41)(H,34,35);5-6,8H,4,7,20H2,1-3H3,(H,22,23);5,7-8H,4,6H2,1-3H3,(H,12,17)(H,15,16)/b10-8+;;7-5+/t19-;;8-/m0.0/s1. The molecule has 8 N–H and O–H groups in total. The van der Waals surface area contributed by atoms with Gasteiger partial charge in [0.1, 0.15) is 57.8 Å². The van der Waals surface area contributed by atoms with Gasteiger partial charge in [0.2, 0.25) is 17.7 Å². The maximum absolute atomic E-state index is 15.0. The molecule has 6 aromatic heterocycles. The van der Waals surface area contributed by atoms with Gasteiger partial charge in [0, 0.05) is 40.3 Å². The Hall–Kier alpha value is -9.44. The number of carbonyl (C=O) groups excluding carboxylic acids is 5. The van der Waals surface area contributed by atoms with Crippen LogP contribution in [0.15, 0.2) is 58.4 Å². The van der Waals surface area contributed by atoms with E-state index in [-0.39, 0.29) is 89.7 Å². The Bertz CT molecular complexity index is 3570. The molecular weight excluding hydrogens is 1120 g/mol. The Labute approximate surface area is 486 Å². The van der Waals surface area contributed by atoms with E-state index in [9.17, 15) is 55.9 Å². The van der Waals surface area contributed by atoms with Crippen molar-refractivity contribution >= 4 is 69.3 Å². The minimum absolute atomic E-state index is 0.0283. The molecule has 0 spiro atoms. The molecule has 6 heterocycles. The summed E-state index contributed by atoms with van der Waals surface area (Å²) >= 11 is 0. The van der Waals surface area contributed by atoms with Crippen LogP contribution in [0.1, 0.15) is 87.8 Å². The lowest BCUT2D eigenvalue weighted by atomic mass is 10.1. The number of hydrogen-bond acceptors (Lipinski definition) is 15. The number of fused-ring (bicyclic) bond motifs is 2. The monoisotopic (exact) mass is 1190 g/mol. The van der Waals surface area contributed by atoms with Gasteiger partial charge in [-0.1, -0.05) is 39.8 Å². The molecule has 6 rings (SSSR count). The predicted molar refractivity (Wildman–Crippen MR) is 307 cm³/mol. The fourth-order valence-corrected chi connectivity index (χ4v) is 7.93. The van der Waals surface area contributed by atoms with Gasteiger partial charge in [-0.2, -0.15) is 0 Å². The van der Waals surface area contributed by atoms with Crippen molar-refractivity contribution in [3.05, 3.63) is 127 Å². The number of H-pyrrole nitrogens is 2. The summed E-state index contributed by atoms with van der Waals surface area (Å²) in [6.07, 6.45) is 8.38. The summed E-state index contributed by atoms with van der Waals surface area (Å²) in [4.78, 5) is 121. The molecule has 0 aliphatic carbocycles. The number of nitrogens with two attached hydrogens (primary N) is 1. The number of pyridine rings is 4. The maximum Gasteiger partial charge on any atom is 0.407 e. The van der Waals surface area contributed by atoms with Crippen molar-refractivity contribution < 1.29 is 60.9 Å². The number of rotatable bonds is 21. The summed E-state index contributed by atoms with van der Waals surface area (Å²) < 4.78 is 68.5. The molecule has 6 aromatic rings. The highest BCUT2D eigenvalue weighted by atomic mass is 19.1. The van der Waals surface area contributed by atoms with Crippen LogP contribution in [0.3, 0.4) is 0 Å². The number of carboxylic acid groups (broad SMARTS) is 1. The Balaban J connectivity index is 0.000000304. The van der Waals surface area contributed by atoms with E-state index >= 15 is 0 Å². The van der Waals surface area contributed by atoms with E-state index in [1.54, 1.807) is 40.3 Å². The van der Waals surface area contributed by atoms with Crippen molar-refractivity contribution in [3.8, 4) is 0 Å². The quantitative estimate of drug-likeness (QED) is 0.0331. The number of carboxylic acids is 1. The lowest BCUT2D eigenvalue weighted by Crippen LogP contribution is -2.44. The summed E-state index contributed by atoms with van der Waals surface area (Å²) in [5.74, 6) is -3.82. The van der Waals surface area contributed by atoms with Crippen LogP contribution >= 0.6 is 0 Å². The molecule has 25 nitrogen and oxygen atoms in total. The van der Waals surface area contributed by atoms with Crippen molar-refractivity contribution in [3.63, 3.8) is 0 Å². The van der Waals surface area contributed by atoms with Crippen LogP contribution in [0.2, 0.25) is 0 Å². The summed E-state index contributed by atoms with van der Waals surface area (Å²) in [6, 6.07) is -0.313. The normalized spacial score (nSPS) is 11.9. The molecular formula is C56H72F4N14O11. The average molecular weight is 1190 g/mol. The van der Waals surface area contributed by atoms with Crippen molar-refractivity contribution in [2.24, 2.45) is 11.8 Å². The van der Waals surface area contributed by atoms with Crippen molar-refractivity contribution in [1.29, 1.82) is 0 Å². The number of nitrogens with zero attached hydrogens (tertiary/aromatic N) is 8. The predicted octanol–water partition coefficient (Wildman–Crippen LogP) is 5.80. The van der Waals surface area contributed by atoms with Gasteiger partial charge < -0.3 is 65.2 Å². The third kappa shape index (κ3) is 19.3. The molecule has 460 valence electrons. The molecule has 0 aromatic carbocycles. The second-order valence-corrected chi connectivity index (χ2v) is 20.6. The minimum atomic E-state index is -1.17. The number of ether oxygens (including phenoxy) is 2. The molecule has 0 aliphatic heterocycles. The van der Waals surface area contributed by atoms with Crippen molar-refractivity contribution in [2.45, 2.75) is 105 Å². The highest BCUT2D eigenvalue weighted by Gasteiger charge is 2.25. The summed E-state index contributed by atoms with van der Waals surface area (Å²) in [5.41, 5.74) is 6.28. The van der Waals surface area contributed by atoms with Crippen molar-refractivity contribution in [1.82, 2.24) is 59.5 Å². The van der Waals surface area contributed by atoms with E-state index in [1.165, 1.54) is 40.4 Å². The van der Waals surface area contributed by atoms with Gasteiger partial charge in [0.05, 0.1) is 73.5 Å². The number of methoxy groups -OCH3 is 2. The van der Waals surface area contributed by atoms with E-state index < -0.39 is 70.5 Å². The number of aromatic amines is 2. The van der Waals surface area contributed by atoms with Gasteiger partial charge in [-0.15, -0.1) is 0 Å². The number of alkyl carbamates (subject to hydrolysis) is 2. The molecule has 2 atom stereocenters. The van der Waals surface area contributed by atoms with E-state index in [1.807, 2.05) is 27.7 Å². The summed E-state index contributed by atoms with van der Waals surface area (Å²) in [6.45, 7) is 10.6. The number of anilines is 2. The van der Waals surface area contributed by atoms with Crippen molar-refractivity contribution in [2.75, 3.05) is 53.5 Å². The molecule has 0 saturated heterocycles. The molecule has 0 unspecified atom stereocenters. The number of nitrogen functional groups attached to an aromatic ring is 1. The highest BCUT2D eigenvalue weighted by Crippen LogP contribution is 2.23. The van der Waals surface area contributed by atoms with Crippen LogP contribution in [0.4, 0.5) is 38.5 Å². The maximum atomic E-state index is 15.0. The van der Waals surface area contributed by atoms with Gasteiger partial charge in [-0.3, -0.25) is 33.9 Å². The largest absolute Gasteiger partial charge is 0.480 e. The van der Waals surface area contributed by atoms with Crippen LogP contribution in [0, 0.1) is 49.0 Å². The zero-order valence-electron chi connectivity index (χ0n) is 49.3. The van der Waals surface area contributed by atoms with Gasteiger partial charge >= 0.3 is 18.2 Å². The molecule has 0 aliphatic rings. The number of amides is 5. The number of carbonyl (C=O) groups is 6. The van der Waals surface area contributed by atoms with Crippen LogP contribution in [0.25, 0.3) is 22.1 Å². The summed E-state index contributed by atoms with van der Waals surface area (Å²) in [7, 11) is 8.69. The van der Waals surface area contributed by atoms with Gasteiger partial charge in [0.15, 0.2) is 11.6 Å². The molecule has 0 radical (unpaired) electrons. The second-order valence-electron chi connectivity index (χ2n) is 20.6. The molecule has 29 heteroatoms. The number of hydrogen-bond donors (Lipinski definition) is 7. The second kappa shape index (κ2) is 31.3. The van der Waals surface area contributed by atoms with Crippen LogP contribution in [-0.4, -0.2) is 144 Å². The number of allylic oxidation sites excluding steroid dienone is 2. The van der Waals surface area contributed by atoms with Gasteiger partial charge in [-0.05, 0) is 76.4 Å². The number of halogens is 4. The van der Waals surface area contributed by atoms with E-state index in [0.717, 1.165) is 43.3 Å². The third-order valence-corrected chi connectivity index (χ3v) is 12.5. The first-order valence-corrected chi connectivity index (χ1v) is 26.6. The summed E-state index contributed by atoms with van der Waals surface area (Å²) in [5, 5.41) is 15.8. The Morgan fingerprint density at radius 1 is 0.671 bits per heavy atom. The first-order chi connectivity index (χ1) is 40.0. The SMILES string of the molecule is COC(=O)N[C@@H](CC/C=C/C(=O)N(C)C)C(=O)Nc1cc(F)c(C)n(Cc2nc3c(F)cnc(CC(C)C)c3[nH]2)c1=O.COC(=O)N[C@@H](CC/C=C/C(=O)N(C)C)C(=O)O.Cc1c(F)cc(N)c(=O)n1Cc1nc2c(F)cnc(CC(C)C)c2[nH]1. The zero-order chi connectivity index (χ0) is 63.6. The number of imidazole rings is 2. The van der Waals surface area contributed by atoms with E-state index in [4.69, 9.17) is 10.8 Å². The number of aliphatic carboxylic acids is 1. The van der Waals surface area contributed by atoms with Gasteiger partial charge in [0.25, 0.3) is 11.1 Å². The average Bonchev–Trinajstić information content (AvgIpc) is 2.27. The molecule has 0 bridgehead atoms. The first kappa shape index (κ1) is 68.1. The number of aromatic nitrogens is 8. The van der Waals surface area contributed by atoms with Gasteiger partial charge in [-0.25, -0.2) is 41.9 Å². The topological polar surface area (TPSA) is 337 Å². The van der Waals surface area contributed by atoms with E-state index in [0.29, 0.717) is 53.4 Å². The zero-order valence-corrected chi connectivity index (χ0v) is 49.3. The highest BCUT2D eigenvalue weighted by molar-refractivity contribution is 5.96. The fraction of sp³-hybridized carbons (Fsp3) is 0.429. The van der Waals surface area contributed by atoms with Crippen LogP contribution < -0.4 is 32.8 Å². The van der Waals surface area contributed by atoms with Crippen LogP contribution in [-0.2, 0) is 54.6 Å². The fourth-order valence-electron chi connectivity index (χ4n) is 7.93. The van der Waals surface area contributed by atoms with Crippen LogP contribution in [0.5, 0.6) is 0 Å². The Morgan fingerprint density at radius 3 is 1.49 bits per heavy atom. The lowest BCUT2D eigenvalue weighted by molar-refractivity contribution is -0.139. The molecule has 5 amide bonds. The Morgan fingerprint density at radius 2 is 1.08 bits per heavy atom.